The Hall–Kier alpha value is -1.52. The van der Waals surface area contributed by atoms with E-state index < -0.39 is 0 Å². The molecule has 0 saturated heterocycles. The molecule has 0 radical (unpaired) electrons. The summed E-state index contributed by atoms with van der Waals surface area (Å²) < 4.78 is 11.0. The highest BCUT2D eigenvalue weighted by Gasteiger charge is 2.18. The van der Waals surface area contributed by atoms with Crippen molar-refractivity contribution in [3.05, 3.63) is 44.6 Å². The van der Waals surface area contributed by atoms with Crippen molar-refractivity contribution in [3.63, 3.8) is 0 Å². The minimum Gasteiger partial charge on any atom is -0.490 e. The molecule has 0 bridgehead atoms. The standard InChI is InChI=1S/C16H17ClO3S/c1-4-19-12-7-6-11(8-13(12)20-5-2)15(18)16-14(17)10(3)9-21-16/h6-9H,4-5H2,1-3H3. The third kappa shape index (κ3) is 3.39. The number of carbonyl (C=O) groups is 1. The lowest BCUT2D eigenvalue weighted by atomic mass is 10.1. The summed E-state index contributed by atoms with van der Waals surface area (Å²) in [5.74, 6) is 1.13. The quantitative estimate of drug-likeness (QED) is 0.720. The number of benzene rings is 1. The van der Waals surface area contributed by atoms with Crippen LogP contribution in [-0.4, -0.2) is 19.0 Å². The summed E-state index contributed by atoms with van der Waals surface area (Å²) in [7, 11) is 0. The van der Waals surface area contributed by atoms with Crippen LogP contribution in [0.15, 0.2) is 23.6 Å². The monoisotopic (exact) mass is 324 g/mol. The van der Waals surface area contributed by atoms with E-state index in [1.54, 1.807) is 18.2 Å². The molecule has 21 heavy (non-hydrogen) atoms. The molecule has 2 rings (SSSR count). The van der Waals surface area contributed by atoms with Gasteiger partial charge in [0, 0.05) is 5.56 Å². The van der Waals surface area contributed by atoms with E-state index >= 15 is 0 Å². The Morgan fingerprint density at radius 1 is 1.19 bits per heavy atom. The van der Waals surface area contributed by atoms with Crippen LogP contribution in [0.5, 0.6) is 11.5 Å². The van der Waals surface area contributed by atoms with Gasteiger partial charge in [0.1, 0.15) is 0 Å². The summed E-state index contributed by atoms with van der Waals surface area (Å²) in [6.45, 7) is 6.74. The van der Waals surface area contributed by atoms with Gasteiger partial charge in [-0.2, -0.15) is 0 Å². The summed E-state index contributed by atoms with van der Waals surface area (Å²) in [5.41, 5.74) is 1.46. The molecular weight excluding hydrogens is 308 g/mol. The summed E-state index contributed by atoms with van der Waals surface area (Å²) in [4.78, 5) is 13.1. The van der Waals surface area contributed by atoms with E-state index in [2.05, 4.69) is 0 Å². The minimum absolute atomic E-state index is 0.0953. The van der Waals surface area contributed by atoms with Gasteiger partial charge in [-0.15, -0.1) is 11.3 Å². The molecule has 0 unspecified atom stereocenters. The number of rotatable bonds is 6. The van der Waals surface area contributed by atoms with Crippen molar-refractivity contribution in [1.29, 1.82) is 0 Å². The number of hydrogen-bond donors (Lipinski definition) is 0. The molecule has 0 saturated carbocycles. The van der Waals surface area contributed by atoms with E-state index in [4.69, 9.17) is 21.1 Å². The van der Waals surface area contributed by atoms with Gasteiger partial charge in [-0.3, -0.25) is 4.79 Å². The molecule has 112 valence electrons. The number of aryl methyl sites for hydroxylation is 1. The topological polar surface area (TPSA) is 35.5 Å². The summed E-state index contributed by atoms with van der Waals surface area (Å²) in [6, 6.07) is 5.21. The number of thiophene rings is 1. The molecule has 5 heteroatoms. The highest BCUT2D eigenvalue weighted by molar-refractivity contribution is 7.13. The molecule has 0 amide bonds. The smallest absolute Gasteiger partial charge is 0.204 e. The second-order valence-corrected chi connectivity index (χ2v) is 5.68. The van der Waals surface area contributed by atoms with Gasteiger partial charge >= 0.3 is 0 Å². The van der Waals surface area contributed by atoms with Crippen LogP contribution in [0.4, 0.5) is 0 Å². The van der Waals surface area contributed by atoms with Gasteiger partial charge in [-0.1, -0.05) is 11.6 Å². The van der Waals surface area contributed by atoms with Crippen LogP contribution in [0.25, 0.3) is 0 Å². The zero-order valence-electron chi connectivity index (χ0n) is 12.2. The number of ketones is 1. The van der Waals surface area contributed by atoms with Crippen molar-refractivity contribution in [2.45, 2.75) is 20.8 Å². The van der Waals surface area contributed by atoms with Gasteiger partial charge in [0.25, 0.3) is 0 Å². The second-order valence-electron chi connectivity index (χ2n) is 4.42. The molecule has 0 aliphatic heterocycles. The van der Waals surface area contributed by atoms with Crippen molar-refractivity contribution in [2.75, 3.05) is 13.2 Å². The first-order valence-electron chi connectivity index (χ1n) is 6.76. The van der Waals surface area contributed by atoms with E-state index in [-0.39, 0.29) is 5.78 Å². The van der Waals surface area contributed by atoms with Crippen LogP contribution in [0.2, 0.25) is 5.02 Å². The Kier molecular flexibility index (Phi) is 5.26. The van der Waals surface area contributed by atoms with Gasteiger partial charge in [0.15, 0.2) is 11.5 Å². The predicted molar refractivity (Wildman–Crippen MR) is 86.3 cm³/mol. The van der Waals surface area contributed by atoms with Crippen molar-refractivity contribution in [1.82, 2.24) is 0 Å². The molecule has 2 aromatic rings. The van der Waals surface area contributed by atoms with E-state index in [1.165, 1.54) is 11.3 Å². The Morgan fingerprint density at radius 2 is 1.86 bits per heavy atom. The Bertz CT molecular complexity index is 649. The van der Waals surface area contributed by atoms with Crippen molar-refractivity contribution in [2.24, 2.45) is 0 Å². The molecular formula is C16H17ClO3S. The lowest BCUT2D eigenvalue weighted by Gasteiger charge is -2.11. The number of hydrogen-bond acceptors (Lipinski definition) is 4. The van der Waals surface area contributed by atoms with Crippen LogP contribution in [0, 0.1) is 6.92 Å². The Balaban J connectivity index is 2.37. The zero-order chi connectivity index (χ0) is 15.4. The van der Waals surface area contributed by atoms with E-state index in [1.807, 2.05) is 26.2 Å². The fourth-order valence-corrected chi connectivity index (χ4v) is 3.15. The molecule has 0 atom stereocenters. The van der Waals surface area contributed by atoms with Gasteiger partial charge in [-0.25, -0.2) is 0 Å². The SMILES string of the molecule is CCOc1ccc(C(=O)c2scc(C)c2Cl)cc1OCC. The molecule has 1 heterocycles. The van der Waals surface area contributed by atoms with Gasteiger partial charge in [0.05, 0.1) is 23.1 Å². The zero-order valence-corrected chi connectivity index (χ0v) is 13.8. The normalized spacial score (nSPS) is 10.5. The van der Waals surface area contributed by atoms with Crippen LogP contribution in [-0.2, 0) is 0 Å². The molecule has 0 aliphatic rings. The fraction of sp³-hybridized carbons (Fsp3) is 0.312. The lowest BCUT2D eigenvalue weighted by molar-refractivity contribution is 0.104. The summed E-state index contributed by atoms with van der Waals surface area (Å²) >= 11 is 7.53. The van der Waals surface area contributed by atoms with Crippen molar-refractivity contribution < 1.29 is 14.3 Å². The maximum absolute atomic E-state index is 12.5. The first-order valence-corrected chi connectivity index (χ1v) is 8.02. The van der Waals surface area contributed by atoms with E-state index in [0.717, 1.165) is 5.56 Å². The van der Waals surface area contributed by atoms with E-state index in [9.17, 15) is 4.79 Å². The molecule has 0 spiro atoms. The highest BCUT2D eigenvalue weighted by atomic mass is 35.5. The first-order chi connectivity index (χ1) is 10.1. The Morgan fingerprint density at radius 3 is 2.43 bits per heavy atom. The molecule has 0 aliphatic carbocycles. The largest absolute Gasteiger partial charge is 0.490 e. The molecule has 1 aromatic carbocycles. The maximum Gasteiger partial charge on any atom is 0.204 e. The van der Waals surface area contributed by atoms with Gasteiger partial charge < -0.3 is 9.47 Å². The maximum atomic E-state index is 12.5. The van der Waals surface area contributed by atoms with Crippen LogP contribution < -0.4 is 9.47 Å². The minimum atomic E-state index is -0.0953. The van der Waals surface area contributed by atoms with Gasteiger partial charge in [0.2, 0.25) is 5.78 Å². The fourth-order valence-electron chi connectivity index (χ4n) is 1.91. The average molecular weight is 325 g/mol. The van der Waals surface area contributed by atoms with Crippen molar-refractivity contribution >= 4 is 28.7 Å². The molecule has 0 fully saturated rings. The lowest BCUT2D eigenvalue weighted by Crippen LogP contribution is -2.03. The molecule has 1 aromatic heterocycles. The summed E-state index contributed by atoms with van der Waals surface area (Å²) in [6.07, 6.45) is 0. The van der Waals surface area contributed by atoms with Crippen LogP contribution in [0.1, 0.15) is 34.6 Å². The number of ether oxygens (including phenoxy) is 2. The van der Waals surface area contributed by atoms with Crippen LogP contribution in [0.3, 0.4) is 0 Å². The third-order valence-corrected chi connectivity index (χ3v) is 4.61. The number of carbonyl (C=O) groups excluding carboxylic acids is 1. The van der Waals surface area contributed by atoms with Crippen molar-refractivity contribution in [3.8, 4) is 11.5 Å². The first kappa shape index (κ1) is 15.9. The third-order valence-electron chi connectivity index (χ3n) is 2.91. The van der Waals surface area contributed by atoms with Crippen LogP contribution >= 0.6 is 22.9 Å². The molecule has 0 N–H and O–H groups in total. The Labute approximate surface area is 133 Å². The van der Waals surface area contributed by atoms with E-state index in [0.29, 0.717) is 40.2 Å². The summed E-state index contributed by atoms with van der Waals surface area (Å²) in [5, 5.41) is 2.41. The molecule has 3 nitrogen and oxygen atoms in total. The number of halogens is 1. The highest BCUT2D eigenvalue weighted by Crippen LogP contribution is 2.33. The predicted octanol–water partition coefficient (Wildman–Crippen LogP) is 4.74. The average Bonchev–Trinajstić information content (AvgIpc) is 2.81. The second kappa shape index (κ2) is 6.96. The van der Waals surface area contributed by atoms with Gasteiger partial charge in [-0.05, 0) is 49.9 Å².